The molecule has 0 spiro atoms. The molecule has 2 unspecified atom stereocenters. The van der Waals surface area contributed by atoms with Crippen molar-refractivity contribution in [3.63, 3.8) is 0 Å². The van der Waals surface area contributed by atoms with Gasteiger partial charge in [-0.05, 0) is 56.8 Å². The maximum absolute atomic E-state index is 12.3. The number of piperidine rings is 1. The lowest BCUT2D eigenvalue weighted by atomic mass is 9.85. The zero-order valence-corrected chi connectivity index (χ0v) is 14.0. The molecule has 1 aromatic heterocycles. The van der Waals surface area contributed by atoms with E-state index in [0.29, 0.717) is 24.8 Å². The second kappa shape index (κ2) is 8.44. The molecule has 0 aromatic carbocycles. The van der Waals surface area contributed by atoms with Crippen LogP contribution in [0.5, 0.6) is 0 Å². The highest BCUT2D eigenvalue weighted by atomic mass is 35.5. The highest BCUT2D eigenvalue weighted by Crippen LogP contribution is 2.23. The zero-order chi connectivity index (χ0) is 14.5. The maximum atomic E-state index is 12.3. The van der Waals surface area contributed by atoms with Crippen LogP contribution in [0.3, 0.4) is 0 Å². The van der Waals surface area contributed by atoms with Crippen molar-refractivity contribution in [2.45, 2.75) is 39.7 Å². The van der Waals surface area contributed by atoms with Crippen LogP contribution in [0.4, 0.5) is 0 Å². The summed E-state index contributed by atoms with van der Waals surface area (Å²) < 4.78 is 5.52. The smallest absolute Gasteiger partial charge is 0.222 e. The summed E-state index contributed by atoms with van der Waals surface area (Å²) in [6.45, 7) is 6.84. The van der Waals surface area contributed by atoms with E-state index in [1.165, 1.54) is 12.8 Å². The molecule has 1 fully saturated rings. The molecule has 2 rings (SSSR count). The minimum Gasteiger partial charge on any atom is -0.464 e. The van der Waals surface area contributed by atoms with Crippen LogP contribution in [0.15, 0.2) is 16.5 Å². The van der Waals surface area contributed by atoms with Gasteiger partial charge in [-0.3, -0.25) is 4.79 Å². The van der Waals surface area contributed by atoms with Gasteiger partial charge in [-0.15, -0.1) is 12.4 Å². The first kappa shape index (κ1) is 18.1. The molecular formula is C16H27ClN2O2. The fourth-order valence-corrected chi connectivity index (χ4v) is 2.85. The summed E-state index contributed by atoms with van der Waals surface area (Å²) in [6.07, 6.45) is 3.09. The van der Waals surface area contributed by atoms with Crippen LogP contribution in [0.2, 0.25) is 0 Å². The van der Waals surface area contributed by atoms with E-state index in [4.69, 9.17) is 4.42 Å². The Balaban J connectivity index is 0.00000220. The van der Waals surface area contributed by atoms with Gasteiger partial charge in [0.2, 0.25) is 5.91 Å². The fourth-order valence-electron chi connectivity index (χ4n) is 2.85. The number of nitrogens with zero attached hydrogens (tertiary/aromatic N) is 1. The molecule has 1 saturated heterocycles. The summed E-state index contributed by atoms with van der Waals surface area (Å²) in [6, 6.07) is 3.87. The van der Waals surface area contributed by atoms with Gasteiger partial charge in [0.05, 0.1) is 6.54 Å². The molecule has 1 N–H and O–H groups in total. The molecule has 0 bridgehead atoms. The van der Waals surface area contributed by atoms with Crippen molar-refractivity contribution < 1.29 is 9.21 Å². The summed E-state index contributed by atoms with van der Waals surface area (Å²) in [7, 11) is 1.85. The van der Waals surface area contributed by atoms with Crippen LogP contribution in [0.25, 0.3) is 0 Å². The molecule has 1 aromatic rings. The topological polar surface area (TPSA) is 45.5 Å². The fraction of sp³-hybridized carbons (Fsp3) is 0.688. The quantitative estimate of drug-likeness (QED) is 0.908. The molecule has 2 heterocycles. The minimum atomic E-state index is 0. The number of rotatable bonds is 5. The van der Waals surface area contributed by atoms with E-state index in [1.807, 2.05) is 26.1 Å². The van der Waals surface area contributed by atoms with Crippen LogP contribution in [0.1, 0.15) is 37.7 Å². The number of furan rings is 1. The predicted octanol–water partition coefficient (Wildman–Crippen LogP) is 2.99. The van der Waals surface area contributed by atoms with Gasteiger partial charge in [0.15, 0.2) is 0 Å². The summed E-state index contributed by atoms with van der Waals surface area (Å²) >= 11 is 0. The number of amides is 1. The molecule has 4 nitrogen and oxygen atoms in total. The Labute approximate surface area is 133 Å². The normalized spacial score (nSPS) is 19.7. The number of aryl methyl sites for hydroxylation is 1. The summed E-state index contributed by atoms with van der Waals surface area (Å²) in [4.78, 5) is 14.0. The third-order valence-corrected chi connectivity index (χ3v) is 4.25. The summed E-state index contributed by atoms with van der Waals surface area (Å²) in [5, 5.41) is 3.42. The maximum Gasteiger partial charge on any atom is 0.222 e. The first-order chi connectivity index (χ1) is 9.56. The van der Waals surface area contributed by atoms with Crippen LogP contribution < -0.4 is 5.32 Å². The van der Waals surface area contributed by atoms with Gasteiger partial charge in [-0.2, -0.15) is 0 Å². The number of halogens is 1. The van der Waals surface area contributed by atoms with Crippen molar-refractivity contribution in [3.8, 4) is 0 Å². The highest BCUT2D eigenvalue weighted by Gasteiger charge is 2.23. The van der Waals surface area contributed by atoms with E-state index in [9.17, 15) is 4.79 Å². The second-order valence-corrected chi connectivity index (χ2v) is 6.05. The zero-order valence-electron chi connectivity index (χ0n) is 13.2. The van der Waals surface area contributed by atoms with Gasteiger partial charge in [0, 0.05) is 13.5 Å². The van der Waals surface area contributed by atoms with Crippen LogP contribution in [0, 0.1) is 18.8 Å². The van der Waals surface area contributed by atoms with Gasteiger partial charge < -0.3 is 14.6 Å². The monoisotopic (exact) mass is 314 g/mol. The van der Waals surface area contributed by atoms with Crippen molar-refractivity contribution >= 4 is 18.3 Å². The number of hydrogen-bond donors (Lipinski definition) is 1. The van der Waals surface area contributed by atoms with E-state index in [1.54, 1.807) is 4.90 Å². The van der Waals surface area contributed by atoms with Gasteiger partial charge in [-0.25, -0.2) is 0 Å². The first-order valence-corrected chi connectivity index (χ1v) is 7.56. The predicted molar refractivity (Wildman–Crippen MR) is 86.5 cm³/mol. The van der Waals surface area contributed by atoms with Crippen molar-refractivity contribution in [1.82, 2.24) is 10.2 Å². The Morgan fingerprint density at radius 1 is 1.52 bits per heavy atom. The number of hydrogen-bond acceptors (Lipinski definition) is 3. The minimum absolute atomic E-state index is 0. The molecule has 1 aliphatic rings. The highest BCUT2D eigenvalue weighted by molar-refractivity contribution is 5.85. The molecule has 1 amide bonds. The lowest BCUT2D eigenvalue weighted by Gasteiger charge is -2.29. The van der Waals surface area contributed by atoms with Gasteiger partial charge in [0.25, 0.3) is 0 Å². The van der Waals surface area contributed by atoms with Crippen molar-refractivity contribution in [2.24, 2.45) is 11.8 Å². The van der Waals surface area contributed by atoms with Crippen molar-refractivity contribution in [3.05, 3.63) is 23.7 Å². The lowest BCUT2D eigenvalue weighted by Crippen LogP contribution is -2.36. The standard InChI is InChI=1S/C16H26N2O2.ClH/c1-12(14-5-4-8-17-10-14)9-16(19)18(3)11-15-7-6-13(2)20-15;/h6-7,12,14,17H,4-5,8-11H2,1-3H3;1H. The van der Waals surface area contributed by atoms with Crippen LogP contribution in [-0.2, 0) is 11.3 Å². The molecule has 2 atom stereocenters. The average molecular weight is 315 g/mol. The van der Waals surface area contributed by atoms with E-state index in [-0.39, 0.29) is 18.3 Å². The van der Waals surface area contributed by atoms with Crippen molar-refractivity contribution in [1.29, 1.82) is 0 Å². The third kappa shape index (κ3) is 5.36. The summed E-state index contributed by atoms with van der Waals surface area (Å²) in [5.74, 6) is 3.02. The number of carbonyl (C=O) groups excluding carboxylic acids is 1. The second-order valence-electron chi connectivity index (χ2n) is 6.05. The van der Waals surface area contributed by atoms with Gasteiger partial charge in [-0.1, -0.05) is 6.92 Å². The van der Waals surface area contributed by atoms with Crippen LogP contribution >= 0.6 is 12.4 Å². The molecular weight excluding hydrogens is 288 g/mol. The Morgan fingerprint density at radius 3 is 2.86 bits per heavy atom. The Bertz CT molecular complexity index is 441. The number of carbonyl (C=O) groups is 1. The third-order valence-electron chi connectivity index (χ3n) is 4.25. The van der Waals surface area contributed by atoms with E-state index >= 15 is 0 Å². The van der Waals surface area contributed by atoms with E-state index in [2.05, 4.69) is 12.2 Å². The Kier molecular flexibility index (Phi) is 7.26. The van der Waals surface area contributed by atoms with Crippen LogP contribution in [-0.4, -0.2) is 30.9 Å². The van der Waals surface area contributed by atoms with E-state index in [0.717, 1.165) is 24.6 Å². The number of nitrogens with one attached hydrogen (secondary N) is 1. The molecule has 0 aliphatic carbocycles. The molecule has 0 saturated carbocycles. The van der Waals surface area contributed by atoms with E-state index < -0.39 is 0 Å². The van der Waals surface area contributed by atoms with Crippen molar-refractivity contribution in [2.75, 3.05) is 20.1 Å². The largest absolute Gasteiger partial charge is 0.464 e. The SMILES string of the molecule is Cc1ccc(CN(C)C(=O)CC(C)C2CCCNC2)o1.Cl. The summed E-state index contributed by atoms with van der Waals surface area (Å²) in [5.41, 5.74) is 0. The molecule has 1 aliphatic heterocycles. The molecule has 21 heavy (non-hydrogen) atoms. The lowest BCUT2D eigenvalue weighted by molar-refractivity contribution is -0.132. The molecule has 120 valence electrons. The Hall–Kier alpha value is -1.00. The van der Waals surface area contributed by atoms with Gasteiger partial charge in [0.1, 0.15) is 11.5 Å². The molecule has 0 radical (unpaired) electrons. The first-order valence-electron chi connectivity index (χ1n) is 7.56. The van der Waals surface area contributed by atoms with Gasteiger partial charge >= 0.3 is 0 Å². The Morgan fingerprint density at radius 2 is 2.29 bits per heavy atom. The average Bonchev–Trinajstić information content (AvgIpc) is 2.85. The molecule has 5 heteroatoms.